The van der Waals surface area contributed by atoms with Gasteiger partial charge < -0.3 is 10.2 Å². The number of piperazine rings is 1. The molecule has 0 saturated carbocycles. The van der Waals surface area contributed by atoms with E-state index in [1.807, 2.05) is 6.92 Å². The molecule has 0 aliphatic carbocycles. The van der Waals surface area contributed by atoms with E-state index in [0.29, 0.717) is 18.1 Å². The Labute approximate surface area is 105 Å². The van der Waals surface area contributed by atoms with Gasteiger partial charge in [0.25, 0.3) is 5.91 Å². The van der Waals surface area contributed by atoms with E-state index in [1.54, 1.807) is 4.90 Å². The third kappa shape index (κ3) is 2.76. The van der Waals surface area contributed by atoms with Crippen molar-refractivity contribution < 1.29 is 9.18 Å². The molecule has 2 rings (SSSR count). The van der Waals surface area contributed by atoms with Gasteiger partial charge in [-0.3, -0.25) is 4.79 Å². The fourth-order valence-electron chi connectivity index (χ4n) is 1.95. The first-order chi connectivity index (χ1) is 8.08. The molecule has 1 aliphatic rings. The number of benzene rings is 1. The third-order valence-corrected chi connectivity index (χ3v) is 3.05. The van der Waals surface area contributed by atoms with Crippen LogP contribution in [0.5, 0.6) is 0 Å². The first-order valence-electron chi connectivity index (χ1n) is 5.55. The molecule has 0 unspecified atom stereocenters. The van der Waals surface area contributed by atoms with Gasteiger partial charge >= 0.3 is 0 Å². The van der Waals surface area contributed by atoms with Crippen molar-refractivity contribution in [3.63, 3.8) is 0 Å². The van der Waals surface area contributed by atoms with Crippen LogP contribution in [0.4, 0.5) is 4.39 Å². The van der Waals surface area contributed by atoms with Gasteiger partial charge in [-0.1, -0.05) is 11.6 Å². The Morgan fingerprint density at radius 1 is 1.59 bits per heavy atom. The standard InChI is InChI=1S/C12H14ClFN2O/c1-8-7-16(5-4-15-8)12(17)10-3-2-9(13)6-11(10)14/h2-3,6,8,15H,4-5,7H2,1H3/t8-/m0/s1. The molecule has 1 N–H and O–H groups in total. The van der Waals surface area contributed by atoms with Crippen LogP contribution < -0.4 is 5.32 Å². The highest BCUT2D eigenvalue weighted by molar-refractivity contribution is 6.30. The highest BCUT2D eigenvalue weighted by Gasteiger charge is 2.23. The van der Waals surface area contributed by atoms with Gasteiger partial charge in [-0.2, -0.15) is 0 Å². The number of rotatable bonds is 1. The number of amides is 1. The Morgan fingerprint density at radius 2 is 2.35 bits per heavy atom. The lowest BCUT2D eigenvalue weighted by atomic mass is 10.1. The van der Waals surface area contributed by atoms with Gasteiger partial charge in [-0.25, -0.2) is 4.39 Å². The van der Waals surface area contributed by atoms with E-state index < -0.39 is 5.82 Å². The van der Waals surface area contributed by atoms with Crippen molar-refractivity contribution in [2.24, 2.45) is 0 Å². The minimum atomic E-state index is -0.561. The quantitative estimate of drug-likeness (QED) is 0.833. The summed E-state index contributed by atoms with van der Waals surface area (Å²) in [5.74, 6) is -0.832. The van der Waals surface area contributed by atoms with Crippen molar-refractivity contribution in [3.8, 4) is 0 Å². The summed E-state index contributed by atoms with van der Waals surface area (Å²) < 4.78 is 13.6. The summed E-state index contributed by atoms with van der Waals surface area (Å²) in [6, 6.07) is 4.37. The zero-order valence-corrected chi connectivity index (χ0v) is 10.3. The van der Waals surface area contributed by atoms with Crippen LogP contribution in [0.25, 0.3) is 0 Å². The fraction of sp³-hybridized carbons (Fsp3) is 0.417. The van der Waals surface area contributed by atoms with Crippen LogP contribution >= 0.6 is 11.6 Å². The average molecular weight is 257 g/mol. The number of carbonyl (C=O) groups is 1. The molecular weight excluding hydrogens is 243 g/mol. The van der Waals surface area contributed by atoms with Crippen molar-refractivity contribution in [1.82, 2.24) is 10.2 Å². The minimum absolute atomic E-state index is 0.0866. The topological polar surface area (TPSA) is 32.3 Å². The highest BCUT2D eigenvalue weighted by atomic mass is 35.5. The molecule has 1 amide bonds. The summed E-state index contributed by atoms with van der Waals surface area (Å²) in [7, 11) is 0. The van der Waals surface area contributed by atoms with Crippen LogP contribution in [0.15, 0.2) is 18.2 Å². The van der Waals surface area contributed by atoms with E-state index in [2.05, 4.69) is 5.32 Å². The Morgan fingerprint density at radius 3 is 3.00 bits per heavy atom. The predicted octanol–water partition coefficient (Wildman–Crippen LogP) is 1.91. The maximum atomic E-state index is 13.6. The van der Waals surface area contributed by atoms with Crippen LogP contribution in [-0.4, -0.2) is 36.5 Å². The van der Waals surface area contributed by atoms with Gasteiger partial charge in [0.05, 0.1) is 5.56 Å². The van der Waals surface area contributed by atoms with Crippen LogP contribution in [0.3, 0.4) is 0 Å². The molecule has 1 saturated heterocycles. The molecule has 5 heteroatoms. The lowest BCUT2D eigenvalue weighted by Gasteiger charge is -2.32. The summed E-state index contributed by atoms with van der Waals surface area (Å²) in [5, 5.41) is 3.53. The fourth-order valence-corrected chi connectivity index (χ4v) is 2.11. The largest absolute Gasteiger partial charge is 0.336 e. The number of hydrogen-bond donors (Lipinski definition) is 1. The van der Waals surface area contributed by atoms with Gasteiger partial charge in [0.15, 0.2) is 0 Å². The number of nitrogens with zero attached hydrogens (tertiary/aromatic N) is 1. The molecule has 0 spiro atoms. The van der Waals surface area contributed by atoms with Gasteiger partial charge in [-0.15, -0.1) is 0 Å². The van der Waals surface area contributed by atoms with Crippen LogP contribution in [0.2, 0.25) is 5.02 Å². The molecule has 1 aromatic rings. The molecule has 92 valence electrons. The van der Waals surface area contributed by atoms with Gasteiger partial charge in [-0.05, 0) is 25.1 Å². The van der Waals surface area contributed by atoms with E-state index >= 15 is 0 Å². The monoisotopic (exact) mass is 256 g/mol. The molecule has 1 atom stereocenters. The summed E-state index contributed by atoms with van der Waals surface area (Å²) in [4.78, 5) is 13.8. The first-order valence-corrected chi connectivity index (χ1v) is 5.93. The smallest absolute Gasteiger partial charge is 0.256 e. The second-order valence-electron chi connectivity index (χ2n) is 4.23. The Kier molecular flexibility index (Phi) is 3.64. The van der Waals surface area contributed by atoms with Crippen molar-refractivity contribution >= 4 is 17.5 Å². The van der Waals surface area contributed by atoms with E-state index in [-0.39, 0.29) is 17.5 Å². The predicted molar refractivity (Wildman–Crippen MR) is 64.8 cm³/mol. The van der Waals surface area contributed by atoms with Crippen LogP contribution in [0.1, 0.15) is 17.3 Å². The second kappa shape index (κ2) is 5.02. The Balaban J connectivity index is 2.18. The van der Waals surface area contributed by atoms with Gasteiger partial charge in [0.2, 0.25) is 0 Å². The molecule has 17 heavy (non-hydrogen) atoms. The molecule has 3 nitrogen and oxygen atoms in total. The summed E-state index contributed by atoms with van der Waals surface area (Å²) in [6.45, 7) is 3.94. The number of halogens is 2. The maximum absolute atomic E-state index is 13.6. The van der Waals surface area contributed by atoms with Gasteiger partial charge in [0, 0.05) is 30.7 Å². The summed E-state index contributed by atoms with van der Waals surface area (Å²) in [5.41, 5.74) is 0.0866. The summed E-state index contributed by atoms with van der Waals surface area (Å²) >= 11 is 5.66. The highest BCUT2D eigenvalue weighted by Crippen LogP contribution is 2.17. The Bertz CT molecular complexity index is 439. The SMILES string of the molecule is C[C@H]1CN(C(=O)c2ccc(Cl)cc2F)CCN1. The van der Waals surface area contributed by atoms with Crippen molar-refractivity contribution in [2.45, 2.75) is 13.0 Å². The molecule has 0 bridgehead atoms. The summed E-state index contributed by atoms with van der Waals surface area (Å²) in [6.07, 6.45) is 0. The second-order valence-corrected chi connectivity index (χ2v) is 4.67. The molecule has 1 fully saturated rings. The van der Waals surface area contributed by atoms with Crippen molar-refractivity contribution in [3.05, 3.63) is 34.6 Å². The number of carbonyl (C=O) groups excluding carboxylic acids is 1. The molecule has 1 aliphatic heterocycles. The molecule has 0 radical (unpaired) electrons. The maximum Gasteiger partial charge on any atom is 0.256 e. The average Bonchev–Trinajstić information content (AvgIpc) is 2.28. The zero-order valence-electron chi connectivity index (χ0n) is 9.54. The van der Waals surface area contributed by atoms with Crippen LogP contribution in [0, 0.1) is 5.82 Å². The molecule has 0 aromatic heterocycles. The van der Waals surface area contributed by atoms with Crippen molar-refractivity contribution in [1.29, 1.82) is 0 Å². The van der Waals surface area contributed by atoms with Crippen molar-refractivity contribution in [2.75, 3.05) is 19.6 Å². The van der Waals surface area contributed by atoms with E-state index in [9.17, 15) is 9.18 Å². The van der Waals surface area contributed by atoms with Crippen LogP contribution in [-0.2, 0) is 0 Å². The molecular formula is C12H14ClFN2O. The lowest BCUT2D eigenvalue weighted by molar-refractivity contribution is 0.0704. The third-order valence-electron chi connectivity index (χ3n) is 2.82. The van der Waals surface area contributed by atoms with E-state index in [4.69, 9.17) is 11.6 Å². The van der Waals surface area contributed by atoms with Gasteiger partial charge in [0.1, 0.15) is 5.82 Å². The van der Waals surface area contributed by atoms with E-state index in [0.717, 1.165) is 6.54 Å². The number of hydrogen-bond acceptors (Lipinski definition) is 2. The first kappa shape index (κ1) is 12.3. The Hall–Kier alpha value is -1.13. The molecule has 1 heterocycles. The lowest BCUT2D eigenvalue weighted by Crippen LogP contribution is -2.51. The number of nitrogens with one attached hydrogen (secondary N) is 1. The van der Waals surface area contributed by atoms with E-state index in [1.165, 1.54) is 18.2 Å². The molecule has 1 aromatic carbocycles. The minimum Gasteiger partial charge on any atom is -0.336 e. The zero-order chi connectivity index (χ0) is 12.4. The normalized spacial score (nSPS) is 20.4.